The molecule has 2 N–H and O–H groups in total. The molecule has 0 aromatic rings. The summed E-state index contributed by atoms with van der Waals surface area (Å²) in [6, 6.07) is 0. The number of carbonyl (C=O) groups is 1. The molecule has 0 bridgehead atoms. The average Bonchev–Trinajstić information content (AvgIpc) is 2.34. The van der Waals surface area contributed by atoms with Gasteiger partial charge in [-0.25, -0.2) is 4.79 Å². The van der Waals surface area contributed by atoms with Crippen LogP contribution < -0.4 is 0 Å². The SMILES string of the molecule is COC(=O)/C=C(\C)CC/C=C(\C)CC[C@H](O)C(C)(C)O. The molecule has 116 valence electrons. The van der Waals surface area contributed by atoms with Gasteiger partial charge in [0.25, 0.3) is 0 Å². The van der Waals surface area contributed by atoms with E-state index in [0.717, 1.165) is 24.8 Å². The van der Waals surface area contributed by atoms with E-state index in [2.05, 4.69) is 10.8 Å². The van der Waals surface area contributed by atoms with E-state index in [-0.39, 0.29) is 5.97 Å². The number of allylic oxidation sites excluding steroid dienone is 3. The number of esters is 1. The van der Waals surface area contributed by atoms with Crippen molar-refractivity contribution >= 4 is 5.97 Å². The first-order valence-corrected chi connectivity index (χ1v) is 6.98. The van der Waals surface area contributed by atoms with Crippen LogP contribution in [0.3, 0.4) is 0 Å². The molecule has 0 saturated carbocycles. The van der Waals surface area contributed by atoms with Crippen molar-refractivity contribution in [2.24, 2.45) is 0 Å². The van der Waals surface area contributed by atoms with Crippen LogP contribution in [0.25, 0.3) is 0 Å². The van der Waals surface area contributed by atoms with Crippen LogP contribution >= 0.6 is 0 Å². The molecule has 4 nitrogen and oxygen atoms in total. The number of aliphatic hydroxyl groups excluding tert-OH is 1. The van der Waals surface area contributed by atoms with Gasteiger partial charge in [0.2, 0.25) is 0 Å². The molecular weight excluding hydrogens is 256 g/mol. The summed E-state index contributed by atoms with van der Waals surface area (Å²) in [5, 5.41) is 19.4. The molecule has 1 atom stereocenters. The van der Waals surface area contributed by atoms with E-state index in [4.69, 9.17) is 0 Å². The molecule has 0 saturated heterocycles. The summed E-state index contributed by atoms with van der Waals surface area (Å²) in [5.74, 6) is -0.323. The number of hydrogen-bond acceptors (Lipinski definition) is 4. The summed E-state index contributed by atoms with van der Waals surface area (Å²) < 4.78 is 4.56. The van der Waals surface area contributed by atoms with Crippen LogP contribution in [0.5, 0.6) is 0 Å². The van der Waals surface area contributed by atoms with E-state index in [1.165, 1.54) is 18.8 Å². The monoisotopic (exact) mass is 284 g/mol. The predicted molar refractivity (Wildman–Crippen MR) is 80.3 cm³/mol. The molecule has 0 fully saturated rings. The van der Waals surface area contributed by atoms with Gasteiger partial charge in [-0.15, -0.1) is 0 Å². The lowest BCUT2D eigenvalue weighted by atomic mass is 9.95. The van der Waals surface area contributed by atoms with Gasteiger partial charge in [0.1, 0.15) is 0 Å². The third-order valence-corrected chi connectivity index (χ3v) is 3.22. The Morgan fingerprint density at radius 1 is 1.25 bits per heavy atom. The second-order valence-electron chi connectivity index (χ2n) is 5.81. The maximum Gasteiger partial charge on any atom is 0.330 e. The number of methoxy groups -OCH3 is 1. The van der Waals surface area contributed by atoms with Crippen LogP contribution in [0.1, 0.15) is 53.4 Å². The second kappa shape index (κ2) is 8.93. The molecule has 0 unspecified atom stereocenters. The molecule has 0 aliphatic heterocycles. The van der Waals surface area contributed by atoms with Crippen molar-refractivity contribution in [2.45, 2.75) is 65.1 Å². The Morgan fingerprint density at radius 3 is 2.35 bits per heavy atom. The minimum absolute atomic E-state index is 0.323. The number of rotatable bonds is 8. The summed E-state index contributed by atoms with van der Waals surface area (Å²) in [5.41, 5.74) is 1.11. The van der Waals surface area contributed by atoms with E-state index >= 15 is 0 Å². The van der Waals surface area contributed by atoms with Gasteiger partial charge in [0.15, 0.2) is 0 Å². The smallest absolute Gasteiger partial charge is 0.330 e. The van der Waals surface area contributed by atoms with Gasteiger partial charge < -0.3 is 14.9 Å². The fourth-order valence-corrected chi connectivity index (χ4v) is 1.70. The maximum absolute atomic E-state index is 11.0. The molecule has 0 aromatic heterocycles. The van der Waals surface area contributed by atoms with Crippen molar-refractivity contribution in [3.8, 4) is 0 Å². The largest absolute Gasteiger partial charge is 0.466 e. The standard InChI is InChI=1S/C16H28O4/c1-12(9-10-14(17)16(3,4)19)7-6-8-13(2)11-15(18)20-5/h7,11,14,17,19H,6,8-10H2,1-5H3/b12-7+,13-11+/t14-/m0/s1. The quantitative estimate of drug-likeness (QED) is 0.408. The Morgan fingerprint density at radius 2 is 1.85 bits per heavy atom. The second-order valence-corrected chi connectivity index (χ2v) is 5.81. The zero-order chi connectivity index (χ0) is 15.8. The normalized spacial score (nSPS) is 15.2. The predicted octanol–water partition coefficient (Wildman–Crippen LogP) is 2.74. The van der Waals surface area contributed by atoms with Crippen molar-refractivity contribution < 1.29 is 19.7 Å². The van der Waals surface area contributed by atoms with Gasteiger partial charge in [-0.1, -0.05) is 17.2 Å². The Labute approximate surface area is 122 Å². The first-order chi connectivity index (χ1) is 9.16. The molecule has 0 radical (unpaired) electrons. The Balaban J connectivity index is 4.09. The van der Waals surface area contributed by atoms with Gasteiger partial charge >= 0.3 is 5.97 Å². The summed E-state index contributed by atoms with van der Waals surface area (Å²) in [6.07, 6.45) is 5.84. The zero-order valence-corrected chi connectivity index (χ0v) is 13.3. The third kappa shape index (κ3) is 8.88. The minimum Gasteiger partial charge on any atom is -0.466 e. The highest BCUT2D eigenvalue weighted by Gasteiger charge is 2.23. The highest BCUT2D eigenvalue weighted by atomic mass is 16.5. The maximum atomic E-state index is 11.0. The third-order valence-electron chi connectivity index (χ3n) is 3.22. The van der Waals surface area contributed by atoms with Crippen molar-refractivity contribution in [3.63, 3.8) is 0 Å². The van der Waals surface area contributed by atoms with E-state index < -0.39 is 11.7 Å². The van der Waals surface area contributed by atoms with Gasteiger partial charge in [-0.05, 0) is 53.4 Å². The Kier molecular flexibility index (Phi) is 8.42. The molecule has 0 rings (SSSR count). The molecule has 0 spiro atoms. The first-order valence-electron chi connectivity index (χ1n) is 6.98. The van der Waals surface area contributed by atoms with Gasteiger partial charge in [0, 0.05) is 6.08 Å². The van der Waals surface area contributed by atoms with E-state index in [1.807, 2.05) is 13.8 Å². The molecule has 0 amide bonds. The molecule has 0 heterocycles. The molecular formula is C16H28O4. The summed E-state index contributed by atoms with van der Waals surface area (Å²) in [4.78, 5) is 11.0. The van der Waals surface area contributed by atoms with Crippen LogP contribution in [0.15, 0.2) is 23.3 Å². The van der Waals surface area contributed by atoms with Crippen molar-refractivity contribution in [1.29, 1.82) is 0 Å². The fourth-order valence-electron chi connectivity index (χ4n) is 1.70. The molecule has 0 aromatic carbocycles. The molecule has 20 heavy (non-hydrogen) atoms. The van der Waals surface area contributed by atoms with Crippen molar-refractivity contribution in [2.75, 3.05) is 7.11 Å². The van der Waals surface area contributed by atoms with Crippen molar-refractivity contribution in [1.82, 2.24) is 0 Å². The van der Waals surface area contributed by atoms with Crippen molar-refractivity contribution in [3.05, 3.63) is 23.3 Å². The van der Waals surface area contributed by atoms with E-state index in [0.29, 0.717) is 6.42 Å². The van der Waals surface area contributed by atoms with Crippen LogP contribution in [-0.4, -0.2) is 35.0 Å². The van der Waals surface area contributed by atoms with Crippen LogP contribution in [0.4, 0.5) is 0 Å². The molecule has 4 heteroatoms. The Hall–Kier alpha value is -1.13. The van der Waals surface area contributed by atoms with Crippen LogP contribution in [0.2, 0.25) is 0 Å². The highest BCUT2D eigenvalue weighted by molar-refractivity contribution is 5.82. The fraction of sp³-hybridized carbons (Fsp3) is 0.688. The molecule has 0 aliphatic carbocycles. The van der Waals surface area contributed by atoms with Gasteiger partial charge in [0.05, 0.1) is 18.8 Å². The number of hydrogen-bond donors (Lipinski definition) is 2. The molecule has 0 aliphatic rings. The lowest BCUT2D eigenvalue weighted by Crippen LogP contribution is -2.35. The van der Waals surface area contributed by atoms with Gasteiger partial charge in [-0.3, -0.25) is 0 Å². The lowest BCUT2D eigenvalue weighted by molar-refractivity contribution is -0.134. The Bertz CT molecular complexity index is 361. The van der Waals surface area contributed by atoms with E-state index in [9.17, 15) is 15.0 Å². The average molecular weight is 284 g/mol. The zero-order valence-electron chi connectivity index (χ0n) is 13.3. The highest BCUT2D eigenvalue weighted by Crippen LogP contribution is 2.17. The first kappa shape index (κ1) is 18.9. The number of aliphatic hydroxyl groups is 2. The number of ether oxygens (including phenoxy) is 1. The van der Waals surface area contributed by atoms with Crippen LogP contribution in [-0.2, 0) is 9.53 Å². The summed E-state index contributed by atoms with van der Waals surface area (Å²) >= 11 is 0. The van der Waals surface area contributed by atoms with Gasteiger partial charge in [-0.2, -0.15) is 0 Å². The summed E-state index contributed by atoms with van der Waals surface area (Å²) in [7, 11) is 1.37. The number of carbonyl (C=O) groups excluding carboxylic acids is 1. The van der Waals surface area contributed by atoms with Crippen LogP contribution in [0, 0.1) is 0 Å². The topological polar surface area (TPSA) is 66.8 Å². The summed E-state index contributed by atoms with van der Waals surface area (Å²) in [6.45, 7) is 7.13. The minimum atomic E-state index is -1.06. The lowest BCUT2D eigenvalue weighted by Gasteiger charge is -2.24. The van der Waals surface area contributed by atoms with E-state index in [1.54, 1.807) is 13.8 Å².